The molecule has 0 amide bonds. The van der Waals surface area contributed by atoms with E-state index < -0.39 is 0 Å². The Labute approximate surface area is 184 Å². The van der Waals surface area contributed by atoms with Crippen molar-refractivity contribution < 1.29 is 0 Å². The summed E-state index contributed by atoms with van der Waals surface area (Å²) in [5.74, 6) is 1.65. The predicted molar refractivity (Wildman–Crippen MR) is 130 cm³/mol. The van der Waals surface area contributed by atoms with Crippen molar-refractivity contribution in [2.45, 2.75) is 64.5 Å². The van der Waals surface area contributed by atoms with Gasteiger partial charge in [-0.05, 0) is 81.2 Å². The van der Waals surface area contributed by atoms with Crippen molar-refractivity contribution in [2.75, 3.05) is 20.1 Å². The van der Waals surface area contributed by atoms with Crippen molar-refractivity contribution in [3.63, 3.8) is 0 Å². The largest absolute Gasteiger partial charge is 0.375 e. The van der Waals surface area contributed by atoms with E-state index in [2.05, 4.69) is 67.2 Å². The summed E-state index contributed by atoms with van der Waals surface area (Å²) >= 11 is 0. The van der Waals surface area contributed by atoms with Gasteiger partial charge in [0.05, 0.1) is 11.9 Å². The molecule has 0 bridgehead atoms. The van der Waals surface area contributed by atoms with Gasteiger partial charge < -0.3 is 21.7 Å². The van der Waals surface area contributed by atoms with Crippen molar-refractivity contribution in [2.24, 2.45) is 11.7 Å². The molecular weight excluding hydrogens is 368 g/mol. The van der Waals surface area contributed by atoms with E-state index in [0.717, 1.165) is 45.1 Å². The van der Waals surface area contributed by atoms with E-state index in [1.165, 1.54) is 28.1 Å². The Morgan fingerprint density at radius 3 is 2.67 bits per heavy atom. The van der Waals surface area contributed by atoms with Gasteiger partial charge in [0, 0.05) is 13.1 Å². The van der Waals surface area contributed by atoms with E-state index in [-0.39, 0.29) is 0 Å². The minimum atomic E-state index is 0.310. The lowest BCUT2D eigenvalue weighted by molar-refractivity contribution is 0.423. The summed E-state index contributed by atoms with van der Waals surface area (Å²) in [5, 5.41) is 10.8. The highest BCUT2D eigenvalue weighted by Crippen LogP contribution is 2.38. The molecule has 2 rings (SSSR count). The molecule has 1 heterocycles. The standard InChI is InChI=1S/C26H42N4/c1-6-8-21-9-11-22(12-10-21)25-18-24(26(28-5)30-25)23(16-19(3)13-14-27)17-20(4)29-15-7-2/h6,9-12,20,23,25,28-30H,1,3,7-8,13-18,27H2,2,4-5H3. The Morgan fingerprint density at radius 2 is 2.07 bits per heavy atom. The third kappa shape index (κ3) is 7.03. The molecule has 0 radical (unpaired) electrons. The summed E-state index contributed by atoms with van der Waals surface area (Å²) in [6, 6.07) is 9.72. The zero-order chi connectivity index (χ0) is 21.9. The van der Waals surface area contributed by atoms with Gasteiger partial charge in [0.1, 0.15) is 0 Å². The van der Waals surface area contributed by atoms with Crippen molar-refractivity contribution >= 4 is 0 Å². The smallest absolute Gasteiger partial charge is 0.0984 e. The molecule has 0 aromatic heterocycles. The molecule has 1 aromatic carbocycles. The lowest BCUT2D eigenvalue weighted by atomic mass is 9.83. The molecular formula is C26H42N4. The van der Waals surface area contributed by atoms with E-state index in [4.69, 9.17) is 5.73 Å². The van der Waals surface area contributed by atoms with Crippen LogP contribution in [-0.4, -0.2) is 26.2 Å². The molecule has 3 atom stereocenters. The molecule has 0 fully saturated rings. The quantitative estimate of drug-likeness (QED) is 0.339. The average Bonchev–Trinajstić information content (AvgIpc) is 3.17. The first-order chi connectivity index (χ1) is 14.5. The number of benzene rings is 1. The van der Waals surface area contributed by atoms with Crippen molar-refractivity contribution in [3.05, 3.63) is 71.6 Å². The Kier molecular flexibility index (Phi) is 10.2. The number of hydrogen-bond acceptors (Lipinski definition) is 4. The highest BCUT2D eigenvalue weighted by atomic mass is 15.1. The van der Waals surface area contributed by atoms with Crippen LogP contribution in [0.1, 0.15) is 63.1 Å². The highest BCUT2D eigenvalue weighted by Gasteiger charge is 2.30. The van der Waals surface area contributed by atoms with Crippen LogP contribution in [-0.2, 0) is 6.42 Å². The molecule has 3 unspecified atom stereocenters. The zero-order valence-corrected chi connectivity index (χ0v) is 19.3. The van der Waals surface area contributed by atoms with Gasteiger partial charge in [-0.2, -0.15) is 0 Å². The van der Waals surface area contributed by atoms with Gasteiger partial charge in [-0.1, -0.05) is 49.4 Å². The molecule has 0 spiro atoms. The molecule has 0 aliphatic carbocycles. The van der Waals surface area contributed by atoms with Gasteiger partial charge >= 0.3 is 0 Å². The Morgan fingerprint density at radius 1 is 1.33 bits per heavy atom. The fourth-order valence-electron chi connectivity index (χ4n) is 4.40. The minimum absolute atomic E-state index is 0.310. The lowest BCUT2D eigenvalue weighted by Gasteiger charge is -2.25. The molecule has 1 aliphatic heterocycles. The molecule has 4 nitrogen and oxygen atoms in total. The molecule has 4 heteroatoms. The SMILES string of the molecule is C=CCc1ccc(C2CC(C(CC(=C)CCN)CC(C)NCCC)=C(NC)N2)cc1. The fraction of sp³-hybridized carbons (Fsp3) is 0.538. The third-order valence-corrected chi connectivity index (χ3v) is 5.98. The first kappa shape index (κ1) is 24.2. The molecule has 166 valence electrons. The number of nitrogens with two attached hydrogens (primary N) is 1. The van der Waals surface area contributed by atoms with Gasteiger partial charge in [-0.25, -0.2) is 0 Å². The minimum Gasteiger partial charge on any atom is -0.375 e. The van der Waals surface area contributed by atoms with Gasteiger partial charge in [0.25, 0.3) is 0 Å². The lowest BCUT2D eigenvalue weighted by Crippen LogP contribution is -2.30. The second-order valence-corrected chi connectivity index (χ2v) is 8.57. The Hall–Kier alpha value is -2.04. The summed E-state index contributed by atoms with van der Waals surface area (Å²) < 4.78 is 0. The molecule has 5 N–H and O–H groups in total. The van der Waals surface area contributed by atoms with Crippen LogP contribution >= 0.6 is 0 Å². The summed E-state index contributed by atoms with van der Waals surface area (Å²) in [7, 11) is 2.02. The molecule has 0 saturated heterocycles. The summed E-state index contributed by atoms with van der Waals surface area (Å²) in [5.41, 5.74) is 11.2. The summed E-state index contributed by atoms with van der Waals surface area (Å²) in [6.07, 6.45) is 8.06. The van der Waals surface area contributed by atoms with Crippen LogP contribution in [0.15, 0.2) is 60.5 Å². The zero-order valence-electron chi connectivity index (χ0n) is 19.3. The molecule has 0 saturated carbocycles. The second-order valence-electron chi connectivity index (χ2n) is 8.57. The van der Waals surface area contributed by atoms with Crippen molar-refractivity contribution in [3.8, 4) is 0 Å². The van der Waals surface area contributed by atoms with Gasteiger partial charge in [-0.3, -0.25) is 0 Å². The van der Waals surface area contributed by atoms with E-state index in [0.29, 0.717) is 24.5 Å². The molecule has 1 aromatic rings. The maximum Gasteiger partial charge on any atom is 0.0984 e. The van der Waals surface area contributed by atoms with Gasteiger partial charge in [0.2, 0.25) is 0 Å². The number of nitrogens with one attached hydrogen (secondary N) is 3. The van der Waals surface area contributed by atoms with Crippen LogP contribution in [0, 0.1) is 5.92 Å². The van der Waals surface area contributed by atoms with E-state index in [1.807, 2.05) is 13.1 Å². The van der Waals surface area contributed by atoms with Crippen LogP contribution in [0.25, 0.3) is 0 Å². The van der Waals surface area contributed by atoms with Crippen LogP contribution < -0.4 is 21.7 Å². The monoisotopic (exact) mass is 410 g/mol. The van der Waals surface area contributed by atoms with Crippen LogP contribution in [0.5, 0.6) is 0 Å². The Bertz CT molecular complexity index is 704. The fourth-order valence-corrected chi connectivity index (χ4v) is 4.40. The third-order valence-electron chi connectivity index (χ3n) is 5.98. The summed E-state index contributed by atoms with van der Waals surface area (Å²) in [6.45, 7) is 14.4. The van der Waals surface area contributed by atoms with Crippen LogP contribution in [0.4, 0.5) is 0 Å². The average molecular weight is 411 g/mol. The van der Waals surface area contributed by atoms with Crippen molar-refractivity contribution in [1.82, 2.24) is 16.0 Å². The predicted octanol–water partition coefficient (Wildman–Crippen LogP) is 4.57. The number of allylic oxidation sites excluding steroid dienone is 1. The van der Waals surface area contributed by atoms with E-state index >= 15 is 0 Å². The second kappa shape index (κ2) is 12.6. The Balaban J connectivity index is 2.17. The number of rotatable bonds is 14. The van der Waals surface area contributed by atoms with Crippen molar-refractivity contribution in [1.29, 1.82) is 0 Å². The molecule has 30 heavy (non-hydrogen) atoms. The first-order valence-corrected chi connectivity index (χ1v) is 11.5. The highest BCUT2D eigenvalue weighted by molar-refractivity contribution is 5.33. The maximum atomic E-state index is 5.79. The maximum absolute atomic E-state index is 5.79. The van der Waals surface area contributed by atoms with Crippen LogP contribution in [0.2, 0.25) is 0 Å². The summed E-state index contributed by atoms with van der Waals surface area (Å²) in [4.78, 5) is 0. The van der Waals surface area contributed by atoms with Gasteiger partial charge in [0.15, 0.2) is 0 Å². The normalized spacial score (nSPS) is 18.1. The van der Waals surface area contributed by atoms with Crippen LogP contribution in [0.3, 0.4) is 0 Å². The first-order valence-electron chi connectivity index (χ1n) is 11.5. The van der Waals surface area contributed by atoms with Gasteiger partial charge in [-0.15, -0.1) is 6.58 Å². The molecule has 1 aliphatic rings. The number of hydrogen-bond donors (Lipinski definition) is 4. The topological polar surface area (TPSA) is 62.1 Å². The van der Waals surface area contributed by atoms with E-state index in [9.17, 15) is 0 Å². The van der Waals surface area contributed by atoms with E-state index in [1.54, 1.807) is 0 Å².